The van der Waals surface area contributed by atoms with Crippen LogP contribution in [0.1, 0.15) is 25.0 Å². The Labute approximate surface area is 237 Å². The van der Waals surface area contributed by atoms with E-state index in [2.05, 4.69) is 150 Å². The number of benzene rings is 6. The zero-order valence-electron chi connectivity index (χ0n) is 23.0. The van der Waals surface area contributed by atoms with Crippen LogP contribution in [-0.2, 0) is 5.41 Å². The lowest BCUT2D eigenvalue weighted by Crippen LogP contribution is -2.14. The summed E-state index contributed by atoms with van der Waals surface area (Å²) in [5.41, 5.74) is 11.0. The van der Waals surface area contributed by atoms with E-state index in [1.807, 2.05) is 0 Å². The molecule has 0 atom stereocenters. The normalized spacial score (nSPS) is 13.8. The van der Waals surface area contributed by atoms with Gasteiger partial charge in [-0.15, -0.1) is 0 Å². The van der Waals surface area contributed by atoms with E-state index < -0.39 is 0 Å². The lowest BCUT2D eigenvalue weighted by Gasteiger charge is -2.21. The van der Waals surface area contributed by atoms with Crippen LogP contribution in [0.5, 0.6) is 0 Å². The van der Waals surface area contributed by atoms with Crippen molar-refractivity contribution in [3.8, 4) is 22.8 Å². The predicted octanol–water partition coefficient (Wildman–Crippen LogP) is 9.58. The Morgan fingerprint density at radius 1 is 0.537 bits per heavy atom. The Hall–Kier alpha value is -5.15. The fourth-order valence-electron chi connectivity index (χ4n) is 7.20. The Kier molecular flexibility index (Phi) is 4.39. The van der Waals surface area contributed by atoms with Gasteiger partial charge in [-0.25, -0.2) is 4.98 Å². The van der Waals surface area contributed by atoms with Crippen LogP contribution in [0.25, 0.3) is 66.4 Å². The van der Waals surface area contributed by atoms with Gasteiger partial charge in [0, 0.05) is 21.9 Å². The summed E-state index contributed by atoms with van der Waals surface area (Å²) < 4.78 is 4.63. The van der Waals surface area contributed by atoms with Gasteiger partial charge in [-0.1, -0.05) is 98.8 Å². The van der Waals surface area contributed by atoms with Crippen LogP contribution in [-0.4, -0.2) is 14.1 Å². The van der Waals surface area contributed by atoms with Gasteiger partial charge in [0.25, 0.3) is 0 Å². The molecule has 3 nitrogen and oxygen atoms in total. The molecule has 41 heavy (non-hydrogen) atoms. The lowest BCUT2D eigenvalue weighted by molar-refractivity contribution is 0.661. The number of aromatic nitrogens is 3. The third-order valence-electron chi connectivity index (χ3n) is 9.11. The van der Waals surface area contributed by atoms with Crippen molar-refractivity contribution in [2.24, 2.45) is 0 Å². The molecule has 0 bridgehead atoms. The topological polar surface area (TPSA) is 22.8 Å². The second-order valence-electron chi connectivity index (χ2n) is 11.7. The van der Waals surface area contributed by atoms with Gasteiger partial charge in [0.2, 0.25) is 5.95 Å². The number of hydrogen-bond acceptors (Lipinski definition) is 1. The van der Waals surface area contributed by atoms with Crippen LogP contribution in [0.15, 0.2) is 127 Å². The molecule has 0 saturated carbocycles. The van der Waals surface area contributed by atoms with Gasteiger partial charge >= 0.3 is 0 Å². The molecule has 0 spiro atoms. The van der Waals surface area contributed by atoms with Crippen molar-refractivity contribution < 1.29 is 0 Å². The molecule has 0 radical (unpaired) electrons. The van der Waals surface area contributed by atoms with Gasteiger partial charge in [-0.2, -0.15) is 0 Å². The third-order valence-corrected chi connectivity index (χ3v) is 9.11. The fourth-order valence-corrected chi connectivity index (χ4v) is 7.20. The molecule has 9 rings (SSSR count). The van der Waals surface area contributed by atoms with Crippen LogP contribution < -0.4 is 0 Å². The van der Waals surface area contributed by atoms with Crippen molar-refractivity contribution in [2.75, 3.05) is 0 Å². The van der Waals surface area contributed by atoms with Crippen molar-refractivity contribution in [2.45, 2.75) is 19.3 Å². The maximum absolute atomic E-state index is 5.24. The molecule has 0 aliphatic heterocycles. The van der Waals surface area contributed by atoms with E-state index in [1.54, 1.807) is 0 Å². The average Bonchev–Trinajstić information content (AvgIpc) is 3.62. The van der Waals surface area contributed by atoms with Gasteiger partial charge in [-0.05, 0) is 75.5 Å². The SMILES string of the molecule is CC1(C)c2ccccc2-c2c1ccc1cc3c(cc21)c1ccccc1n3-c1nc2ccccc2n1-c1ccccc1. The van der Waals surface area contributed by atoms with Crippen molar-refractivity contribution in [3.05, 3.63) is 139 Å². The molecule has 0 amide bonds. The molecule has 2 aromatic heterocycles. The van der Waals surface area contributed by atoms with E-state index in [9.17, 15) is 0 Å². The summed E-state index contributed by atoms with van der Waals surface area (Å²) in [4.78, 5) is 5.24. The summed E-state index contributed by atoms with van der Waals surface area (Å²) in [5.74, 6) is 0.899. The standard InChI is InChI=1S/C38H27N3/c1-38(2)30-16-8-6-15-27(30)36-28-23-29-26-14-7-10-18-33(26)41(35(29)22-24(28)20-21-31(36)38)37-39-32-17-9-11-19-34(32)40(37)25-12-4-3-5-13-25/h3-23H,1-2H3. The zero-order chi connectivity index (χ0) is 27.3. The minimum absolute atomic E-state index is 0.0242. The molecule has 2 heterocycles. The van der Waals surface area contributed by atoms with E-state index in [1.165, 1.54) is 43.8 Å². The highest BCUT2D eigenvalue weighted by molar-refractivity contribution is 6.16. The van der Waals surface area contributed by atoms with Crippen molar-refractivity contribution in [1.82, 2.24) is 14.1 Å². The Morgan fingerprint density at radius 2 is 1.27 bits per heavy atom. The molecule has 0 N–H and O–H groups in total. The quantitative estimate of drug-likeness (QED) is 0.220. The molecule has 0 unspecified atom stereocenters. The third kappa shape index (κ3) is 2.95. The molecular formula is C38H27N3. The van der Waals surface area contributed by atoms with Crippen LogP contribution in [0.4, 0.5) is 0 Å². The molecule has 194 valence electrons. The Bertz CT molecular complexity index is 2330. The maximum atomic E-state index is 5.24. The summed E-state index contributed by atoms with van der Waals surface area (Å²) in [6.45, 7) is 4.70. The first kappa shape index (κ1) is 22.6. The van der Waals surface area contributed by atoms with Crippen LogP contribution in [0.3, 0.4) is 0 Å². The molecular weight excluding hydrogens is 498 g/mol. The Morgan fingerprint density at radius 3 is 2.15 bits per heavy atom. The molecule has 1 aliphatic carbocycles. The zero-order valence-corrected chi connectivity index (χ0v) is 23.0. The average molecular weight is 526 g/mol. The van der Waals surface area contributed by atoms with E-state index in [4.69, 9.17) is 4.98 Å². The van der Waals surface area contributed by atoms with Crippen LogP contribution in [0, 0.1) is 0 Å². The summed E-state index contributed by atoms with van der Waals surface area (Å²) in [5, 5.41) is 5.04. The second-order valence-corrected chi connectivity index (χ2v) is 11.7. The van der Waals surface area contributed by atoms with E-state index in [0.717, 1.165) is 33.7 Å². The number of para-hydroxylation sites is 4. The lowest BCUT2D eigenvalue weighted by atomic mass is 9.82. The maximum Gasteiger partial charge on any atom is 0.220 e. The molecule has 0 saturated heterocycles. The van der Waals surface area contributed by atoms with Crippen molar-refractivity contribution in [1.29, 1.82) is 0 Å². The first-order valence-electron chi connectivity index (χ1n) is 14.2. The summed E-state index contributed by atoms with van der Waals surface area (Å²) >= 11 is 0. The van der Waals surface area contributed by atoms with Crippen LogP contribution >= 0.6 is 0 Å². The first-order valence-corrected chi connectivity index (χ1v) is 14.2. The van der Waals surface area contributed by atoms with E-state index in [0.29, 0.717) is 0 Å². The smallest absolute Gasteiger partial charge is 0.220 e. The van der Waals surface area contributed by atoms with Crippen LogP contribution in [0.2, 0.25) is 0 Å². The molecule has 6 aromatic carbocycles. The summed E-state index contributed by atoms with van der Waals surface area (Å²) in [7, 11) is 0. The number of rotatable bonds is 2. The number of fused-ring (bicyclic) bond motifs is 9. The summed E-state index contributed by atoms with van der Waals surface area (Å²) in [6, 6.07) is 46.1. The monoisotopic (exact) mass is 525 g/mol. The largest absolute Gasteiger partial charge is 0.279 e. The predicted molar refractivity (Wildman–Crippen MR) is 170 cm³/mol. The fraction of sp³-hybridized carbons (Fsp3) is 0.0789. The molecule has 1 aliphatic rings. The molecule has 0 fully saturated rings. The molecule has 3 heteroatoms. The number of nitrogens with zero attached hydrogens (tertiary/aromatic N) is 3. The highest BCUT2D eigenvalue weighted by Crippen LogP contribution is 2.52. The van der Waals surface area contributed by atoms with Gasteiger partial charge < -0.3 is 0 Å². The second kappa shape index (κ2) is 7.96. The minimum atomic E-state index is -0.0242. The van der Waals surface area contributed by atoms with Crippen molar-refractivity contribution >= 4 is 43.6 Å². The first-order chi connectivity index (χ1) is 20.1. The van der Waals surface area contributed by atoms with E-state index >= 15 is 0 Å². The Balaban J connectivity index is 1.43. The minimum Gasteiger partial charge on any atom is -0.279 e. The molecule has 8 aromatic rings. The van der Waals surface area contributed by atoms with Gasteiger partial charge in [0.1, 0.15) is 0 Å². The van der Waals surface area contributed by atoms with Crippen molar-refractivity contribution in [3.63, 3.8) is 0 Å². The number of imidazole rings is 1. The van der Waals surface area contributed by atoms with Gasteiger partial charge in [-0.3, -0.25) is 9.13 Å². The summed E-state index contributed by atoms with van der Waals surface area (Å²) in [6.07, 6.45) is 0. The number of hydrogen-bond donors (Lipinski definition) is 0. The van der Waals surface area contributed by atoms with E-state index in [-0.39, 0.29) is 5.41 Å². The van der Waals surface area contributed by atoms with Gasteiger partial charge in [0.05, 0.1) is 22.1 Å². The van der Waals surface area contributed by atoms with Gasteiger partial charge in [0.15, 0.2) is 0 Å². The highest BCUT2D eigenvalue weighted by Gasteiger charge is 2.36. The highest BCUT2D eigenvalue weighted by atomic mass is 15.2.